The molecule has 72 valence electrons. The summed E-state index contributed by atoms with van der Waals surface area (Å²) in [6, 6.07) is -2.39. The minimum Gasteiger partial charge on any atom is -0.359 e. The Labute approximate surface area is 71.4 Å². The van der Waals surface area contributed by atoms with E-state index in [1.165, 1.54) is 10.6 Å². The van der Waals surface area contributed by atoms with Crippen LogP contribution in [0.1, 0.15) is 0 Å². The number of ether oxygens (including phenoxy) is 1. The second-order valence-electron chi connectivity index (χ2n) is 1.66. The monoisotopic (exact) mass is 190 g/mol. The Bertz CT molecular complexity index is 235. The lowest BCUT2D eigenvalue weighted by molar-refractivity contribution is 0.152. The van der Waals surface area contributed by atoms with Crippen molar-refractivity contribution in [2.45, 2.75) is 0 Å². The number of rotatable bonds is 0. The largest absolute Gasteiger partial charge is 0.424 e. The molecule has 9 heteroatoms. The number of amides is 6. The maximum Gasteiger partial charge on any atom is 0.424 e. The maximum absolute atomic E-state index is 10.4. The highest BCUT2D eigenvalue weighted by molar-refractivity contribution is 5.98. The lowest BCUT2D eigenvalue weighted by Crippen LogP contribution is -2.41. The van der Waals surface area contributed by atoms with Crippen LogP contribution in [-0.4, -0.2) is 24.2 Å². The van der Waals surface area contributed by atoms with Crippen LogP contribution in [-0.2, 0) is 4.74 Å². The van der Waals surface area contributed by atoms with E-state index in [1.807, 2.05) is 0 Å². The maximum atomic E-state index is 10.4. The van der Waals surface area contributed by atoms with Gasteiger partial charge in [0.05, 0.1) is 0 Å². The molecular weight excluding hydrogens is 184 g/mol. The zero-order valence-corrected chi connectivity index (χ0v) is 6.20. The fraction of sp³-hybridized carbons (Fsp3) is 0. The van der Waals surface area contributed by atoms with Crippen LogP contribution in [0.3, 0.4) is 0 Å². The third-order valence-electron chi connectivity index (χ3n) is 0.636. The summed E-state index contributed by atoms with van der Waals surface area (Å²) in [5, 5.41) is 2.82. The summed E-state index contributed by atoms with van der Waals surface area (Å²) in [6.07, 6.45) is -2.82. The first-order valence-corrected chi connectivity index (χ1v) is 2.80. The van der Waals surface area contributed by atoms with Crippen LogP contribution in [0.25, 0.3) is 0 Å². The summed E-state index contributed by atoms with van der Waals surface area (Å²) >= 11 is 0. The van der Waals surface area contributed by atoms with Gasteiger partial charge in [0, 0.05) is 0 Å². The second kappa shape index (κ2) is 4.54. The van der Waals surface area contributed by atoms with Gasteiger partial charge in [0.25, 0.3) is 0 Å². The summed E-state index contributed by atoms with van der Waals surface area (Å²) in [5.74, 6) is 0. The summed E-state index contributed by atoms with van der Waals surface area (Å²) in [4.78, 5) is 40.8. The van der Waals surface area contributed by atoms with Crippen molar-refractivity contribution in [1.82, 2.24) is 10.6 Å². The van der Waals surface area contributed by atoms with E-state index in [9.17, 15) is 19.2 Å². The highest BCUT2D eigenvalue weighted by Gasteiger charge is 2.12. The van der Waals surface area contributed by atoms with Gasteiger partial charge in [-0.15, -0.1) is 0 Å². The number of imide groups is 2. The molecule has 9 nitrogen and oxygen atoms in total. The van der Waals surface area contributed by atoms with Crippen molar-refractivity contribution in [3.63, 3.8) is 0 Å². The number of primary amides is 2. The Balaban J connectivity index is 3.85. The molecule has 0 spiro atoms. The van der Waals surface area contributed by atoms with Gasteiger partial charge in [0.15, 0.2) is 0 Å². The van der Waals surface area contributed by atoms with Gasteiger partial charge in [-0.05, 0) is 0 Å². The third-order valence-corrected chi connectivity index (χ3v) is 0.636. The van der Waals surface area contributed by atoms with E-state index >= 15 is 0 Å². The fourth-order valence-electron chi connectivity index (χ4n) is 0.336. The minimum absolute atomic E-state index is 1.20. The molecule has 0 saturated carbocycles. The topological polar surface area (TPSA) is 154 Å². The Kier molecular flexibility index (Phi) is 3.73. The van der Waals surface area contributed by atoms with Gasteiger partial charge in [-0.1, -0.05) is 0 Å². The van der Waals surface area contributed by atoms with Crippen LogP contribution in [0.15, 0.2) is 0 Å². The molecule has 0 rings (SSSR count). The average molecular weight is 190 g/mol. The Morgan fingerprint density at radius 1 is 0.846 bits per heavy atom. The Morgan fingerprint density at radius 2 is 1.15 bits per heavy atom. The van der Waals surface area contributed by atoms with Crippen LogP contribution in [0.4, 0.5) is 19.2 Å². The number of hydrogen-bond donors (Lipinski definition) is 4. The van der Waals surface area contributed by atoms with Crippen molar-refractivity contribution >= 4 is 24.2 Å². The molecule has 0 aliphatic heterocycles. The van der Waals surface area contributed by atoms with Gasteiger partial charge < -0.3 is 16.2 Å². The predicted octanol–water partition coefficient (Wildman–Crippen LogP) is -1.42. The number of carbonyl (C=O) groups excluding carboxylic acids is 4. The van der Waals surface area contributed by atoms with E-state index in [4.69, 9.17) is 0 Å². The Morgan fingerprint density at radius 3 is 1.38 bits per heavy atom. The molecule has 0 aromatic rings. The van der Waals surface area contributed by atoms with E-state index in [-0.39, 0.29) is 0 Å². The van der Waals surface area contributed by atoms with Crippen LogP contribution in [0.2, 0.25) is 0 Å². The first kappa shape index (κ1) is 10.7. The van der Waals surface area contributed by atoms with Gasteiger partial charge >= 0.3 is 24.2 Å². The van der Waals surface area contributed by atoms with Crippen molar-refractivity contribution in [3.05, 3.63) is 0 Å². The van der Waals surface area contributed by atoms with Gasteiger partial charge in [-0.2, -0.15) is 0 Å². The molecule has 0 saturated heterocycles. The summed E-state index contributed by atoms with van der Waals surface area (Å²) in [7, 11) is 0. The molecule has 0 aromatic heterocycles. The van der Waals surface area contributed by atoms with E-state index in [0.29, 0.717) is 0 Å². The van der Waals surface area contributed by atoms with E-state index in [1.54, 1.807) is 0 Å². The first-order valence-electron chi connectivity index (χ1n) is 2.80. The molecule has 6 N–H and O–H groups in total. The third kappa shape index (κ3) is 6.09. The number of hydrogen-bond acceptors (Lipinski definition) is 5. The number of carbonyl (C=O) groups is 4. The highest BCUT2D eigenvalue weighted by Crippen LogP contribution is 1.78. The fourth-order valence-corrected chi connectivity index (χ4v) is 0.336. The van der Waals surface area contributed by atoms with Crippen molar-refractivity contribution in [1.29, 1.82) is 0 Å². The van der Waals surface area contributed by atoms with E-state index < -0.39 is 24.2 Å². The summed E-state index contributed by atoms with van der Waals surface area (Å²) < 4.78 is 3.77. The van der Waals surface area contributed by atoms with Crippen molar-refractivity contribution in [2.24, 2.45) is 11.5 Å². The van der Waals surface area contributed by atoms with Crippen molar-refractivity contribution < 1.29 is 23.9 Å². The molecule has 0 fully saturated rings. The van der Waals surface area contributed by atoms with Gasteiger partial charge in [0.2, 0.25) is 0 Å². The molecule has 13 heavy (non-hydrogen) atoms. The number of urea groups is 2. The molecule has 0 aromatic carbocycles. The Hall–Kier alpha value is -2.32. The minimum atomic E-state index is -1.41. The molecule has 0 bridgehead atoms. The number of nitrogens with one attached hydrogen (secondary N) is 2. The van der Waals surface area contributed by atoms with E-state index in [2.05, 4.69) is 16.2 Å². The highest BCUT2D eigenvalue weighted by atomic mass is 16.6. The van der Waals surface area contributed by atoms with Crippen LogP contribution < -0.4 is 22.1 Å². The summed E-state index contributed by atoms with van der Waals surface area (Å²) in [6.45, 7) is 0. The lowest BCUT2D eigenvalue weighted by atomic mass is 10.9. The van der Waals surface area contributed by atoms with Crippen LogP contribution >= 0.6 is 0 Å². The molecule has 0 aliphatic rings. The lowest BCUT2D eigenvalue weighted by Gasteiger charge is -2.00. The normalized spacial score (nSPS) is 8.31. The molecule has 0 radical (unpaired) electrons. The summed E-state index contributed by atoms with van der Waals surface area (Å²) in [5.41, 5.74) is 8.99. The molecule has 0 aliphatic carbocycles. The van der Waals surface area contributed by atoms with Gasteiger partial charge in [-0.25, -0.2) is 29.8 Å². The zero-order valence-electron chi connectivity index (χ0n) is 6.20. The number of nitrogens with two attached hydrogens (primary N) is 2. The van der Waals surface area contributed by atoms with Crippen LogP contribution in [0.5, 0.6) is 0 Å². The van der Waals surface area contributed by atoms with Crippen molar-refractivity contribution in [2.75, 3.05) is 0 Å². The number of alkyl carbamates (subject to hydrolysis) is 2. The van der Waals surface area contributed by atoms with Crippen LogP contribution in [0, 0.1) is 0 Å². The van der Waals surface area contributed by atoms with Crippen molar-refractivity contribution in [3.8, 4) is 0 Å². The van der Waals surface area contributed by atoms with Gasteiger partial charge in [0.1, 0.15) is 0 Å². The molecule has 0 heterocycles. The molecular formula is C4H6N4O5. The molecule has 0 unspecified atom stereocenters. The zero-order chi connectivity index (χ0) is 10.4. The van der Waals surface area contributed by atoms with Gasteiger partial charge in [-0.3, -0.25) is 0 Å². The predicted molar refractivity (Wildman–Crippen MR) is 37.3 cm³/mol. The quantitative estimate of drug-likeness (QED) is 0.345. The smallest absolute Gasteiger partial charge is 0.359 e. The molecule has 0 atom stereocenters. The standard InChI is InChI=1S/C4H6N4O5/c5-1(9)7-3(11)13-4(12)8-2(6)10/h(H3,5,7,9,11)(H3,6,8,10,12). The first-order chi connectivity index (χ1) is 5.91. The average Bonchev–Trinajstić information content (AvgIpc) is 1.80. The molecule has 6 amide bonds. The second-order valence-corrected chi connectivity index (χ2v) is 1.66. The van der Waals surface area contributed by atoms with E-state index in [0.717, 1.165) is 0 Å². The SMILES string of the molecule is NC(=O)NC(=O)OC(=O)NC(N)=O.